The number of nitrogens with two attached hydrogens (primary N) is 2. The van der Waals surface area contributed by atoms with Gasteiger partial charge in [0.15, 0.2) is 0 Å². The molecular weight excluding hydrogens is 265 g/mol. The number of rotatable bonds is 2. The minimum absolute atomic E-state index is 0.203. The highest BCUT2D eigenvalue weighted by atomic mass is 19.1. The maximum atomic E-state index is 13.3. The molecule has 6 unspecified atom stereocenters. The Hall–Kier alpha value is -1.58. The van der Waals surface area contributed by atoms with Crippen LogP contribution in [-0.2, 0) is 5.41 Å². The number of hydrogen-bond acceptors (Lipinski definition) is 2. The molecule has 0 aromatic heterocycles. The Labute approximate surface area is 123 Å². The van der Waals surface area contributed by atoms with Crippen LogP contribution in [0.25, 0.3) is 0 Å². The van der Waals surface area contributed by atoms with Gasteiger partial charge in [0, 0.05) is 0 Å². The summed E-state index contributed by atoms with van der Waals surface area (Å²) in [6.45, 7) is 0. The third-order valence-electron chi connectivity index (χ3n) is 7.39. The summed E-state index contributed by atoms with van der Waals surface area (Å²) in [6, 6.07) is 6.85. The van der Waals surface area contributed by atoms with Crippen molar-refractivity contribution in [1.29, 1.82) is 0 Å². The van der Waals surface area contributed by atoms with E-state index in [1.807, 2.05) is 12.1 Å². The van der Waals surface area contributed by atoms with Gasteiger partial charge in [0.25, 0.3) is 0 Å². The van der Waals surface area contributed by atoms with E-state index in [4.69, 9.17) is 11.6 Å². The second-order valence-electron chi connectivity index (χ2n) is 7.58. The second kappa shape index (κ2) is 3.42. The lowest BCUT2D eigenvalue weighted by atomic mass is 9.27. The first-order chi connectivity index (χ1) is 10.1. The van der Waals surface area contributed by atoms with Crippen LogP contribution in [0, 0.1) is 34.9 Å². The van der Waals surface area contributed by atoms with E-state index in [2.05, 4.69) is 5.10 Å². The molecule has 4 aliphatic rings. The average molecular weight is 285 g/mol. The van der Waals surface area contributed by atoms with Crippen molar-refractivity contribution in [2.45, 2.75) is 31.1 Å². The Morgan fingerprint density at radius 1 is 1.14 bits per heavy atom. The number of hydrazone groups is 1. The second-order valence-corrected chi connectivity index (χ2v) is 7.58. The molecule has 0 radical (unpaired) electrons. The fraction of sp³-hybridized carbons (Fsp3) is 0.588. The Kier molecular flexibility index (Phi) is 1.96. The van der Waals surface area contributed by atoms with Gasteiger partial charge in [-0.1, -0.05) is 12.1 Å². The van der Waals surface area contributed by atoms with Gasteiger partial charge in [0.05, 0.1) is 5.41 Å². The minimum atomic E-state index is -0.228. The van der Waals surface area contributed by atoms with Crippen LogP contribution in [0.5, 0.6) is 0 Å². The van der Waals surface area contributed by atoms with Crippen molar-refractivity contribution in [3.63, 3.8) is 0 Å². The molecule has 4 aliphatic carbocycles. The smallest absolute Gasteiger partial charge is 0.130 e. The molecule has 1 aromatic rings. The van der Waals surface area contributed by atoms with E-state index in [9.17, 15) is 4.39 Å². The lowest BCUT2D eigenvalue weighted by molar-refractivity contribution is -0.222. The summed E-state index contributed by atoms with van der Waals surface area (Å²) in [7, 11) is 0. The molecule has 1 aromatic carbocycles. The van der Waals surface area contributed by atoms with E-state index in [1.165, 1.54) is 37.8 Å². The molecule has 0 heterocycles. The lowest BCUT2D eigenvalue weighted by Crippen LogP contribution is -2.77. The summed E-state index contributed by atoms with van der Waals surface area (Å²) in [5.74, 6) is 8.81. The van der Waals surface area contributed by atoms with Crippen LogP contribution in [0.1, 0.15) is 31.2 Å². The Balaban J connectivity index is 1.68. The molecule has 6 atom stereocenters. The molecule has 3 nitrogen and oxygen atoms in total. The Morgan fingerprint density at radius 2 is 1.86 bits per heavy atom. The standard InChI is InChI=1S/C17H20FN3/c18-12-3-1-10(2-4-12)17(15(19)21-20)13-6-9-5-11-7-14(17)16(11,13)8-9/h1-4,9,11,13-14H,5-8,20H2,(H2,19,21). The van der Waals surface area contributed by atoms with Gasteiger partial charge in [-0.05, 0) is 72.5 Å². The van der Waals surface area contributed by atoms with Crippen molar-refractivity contribution < 1.29 is 4.39 Å². The van der Waals surface area contributed by atoms with E-state index < -0.39 is 0 Å². The van der Waals surface area contributed by atoms with E-state index in [0.717, 1.165) is 17.4 Å². The van der Waals surface area contributed by atoms with Crippen molar-refractivity contribution in [2.75, 3.05) is 0 Å². The van der Waals surface area contributed by atoms with Crippen LogP contribution in [-0.4, -0.2) is 5.84 Å². The van der Waals surface area contributed by atoms with Crippen LogP contribution in [0.2, 0.25) is 0 Å². The van der Waals surface area contributed by atoms with Gasteiger partial charge in [-0.15, -0.1) is 0 Å². The van der Waals surface area contributed by atoms with Crippen LogP contribution in [0.15, 0.2) is 29.4 Å². The third kappa shape index (κ3) is 1.03. The third-order valence-corrected chi connectivity index (χ3v) is 7.39. The number of fused-ring (bicyclic) bond motifs is 1. The first kappa shape index (κ1) is 12.0. The average Bonchev–Trinajstić information content (AvgIpc) is 2.99. The molecule has 5 rings (SSSR count). The highest BCUT2D eigenvalue weighted by molar-refractivity contribution is 5.94. The van der Waals surface area contributed by atoms with Gasteiger partial charge in [-0.3, -0.25) is 0 Å². The summed E-state index contributed by atoms with van der Waals surface area (Å²) < 4.78 is 13.3. The van der Waals surface area contributed by atoms with Gasteiger partial charge in [-0.25, -0.2) is 4.39 Å². The van der Waals surface area contributed by atoms with Crippen molar-refractivity contribution in [2.24, 2.45) is 45.8 Å². The Morgan fingerprint density at radius 3 is 2.52 bits per heavy atom. The number of hydrogen-bond donors (Lipinski definition) is 2. The van der Waals surface area contributed by atoms with Crippen molar-refractivity contribution in [1.82, 2.24) is 0 Å². The normalized spacial score (nSPS) is 49.5. The molecule has 4 N–H and O–H groups in total. The van der Waals surface area contributed by atoms with E-state index in [1.54, 1.807) is 0 Å². The molecule has 2 bridgehead atoms. The zero-order chi connectivity index (χ0) is 14.4. The van der Waals surface area contributed by atoms with Gasteiger partial charge in [-0.2, -0.15) is 5.10 Å². The van der Waals surface area contributed by atoms with Crippen LogP contribution in [0.4, 0.5) is 4.39 Å². The molecule has 0 amide bonds. The monoisotopic (exact) mass is 285 g/mol. The Bertz CT molecular complexity index is 655. The fourth-order valence-corrected chi connectivity index (χ4v) is 6.97. The number of nitrogens with zero attached hydrogens (tertiary/aromatic N) is 1. The molecule has 0 aliphatic heterocycles. The van der Waals surface area contributed by atoms with Gasteiger partial charge >= 0.3 is 0 Å². The minimum Gasteiger partial charge on any atom is -0.385 e. The quantitative estimate of drug-likeness (QED) is 0.379. The largest absolute Gasteiger partial charge is 0.385 e. The molecule has 110 valence electrons. The predicted octanol–water partition coefficient (Wildman–Crippen LogP) is 2.36. The van der Waals surface area contributed by atoms with E-state index >= 15 is 0 Å². The van der Waals surface area contributed by atoms with Gasteiger partial charge in [0.2, 0.25) is 0 Å². The van der Waals surface area contributed by atoms with Crippen molar-refractivity contribution >= 4 is 5.84 Å². The first-order valence-corrected chi connectivity index (χ1v) is 7.94. The molecule has 4 fully saturated rings. The first-order valence-electron chi connectivity index (χ1n) is 7.94. The highest BCUT2D eigenvalue weighted by Gasteiger charge is 2.84. The fourth-order valence-electron chi connectivity index (χ4n) is 6.97. The molecule has 4 heteroatoms. The number of halogens is 1. The van der Waals surface area contributed by atoms with Gasteiger partial charge < -0.3 is 11.6 Å². The zero-order valence-electron chi connectivity index (χ0n) is 11.9. The maximum Gasteiger partial charge on any atom is 0.130 e. The van der Waals surface area contributed by atoms with E-state index in [-0.39, 0.29) is 11.2 Å². The van der Waals surface area contributed by atoms with Crippen molar-refractivity contribution in [3.05, 3.63) is 35.6 Å². The number of benzene rings is 1. The molecule has 21 heavy (non-hydrogen) atoms. The molecule has 4 saturated carbocycles. The maximum absolute atomic E-state index is 13.3. The summed E-state index contributed by atoms with van der Waals surface area (Å²) >= 11 is 0. The predicted molar refractivity (Wildman–Crippen MR) is 78.7 cm³/mol. The SMILES string of the molecule is N/N=C(\N)C1(c2ccc(F)cc2)C2CC3CC4CC1C42C3. The zero-order valence-corrected chi connectivity index (χ0v) is 11.9. The highest BCUT2D eigenvalue weighted by Crippen LogP contribution is 2.86. The van der Waals surface area contributed by atoms with Crippen LogP contribution < -0.4 is 11.6 Å². The molecule has 1 spiro atoms. The lowest BCUT2D eigenvalue weighted by Gasteiger charge is -2.76. The molecule has 0 saturated heterocycles. The molecular formula is C17H20FN3. The van der Waals surface area contributed by atoms with Crippen LogP contribution >= 0.6 is 0 Å². The van der Waals surface area contributed by atoms with Gasteiger partial charge in [0.1, 0.15) is 11.7 Å². The van der Waals surface area contributed by atoms with E-state index in [0.29, 0.717) is 23.1 Å². The summed E-state index contributed by atoms with van der Waals surface area (Å²) in [5.41, 5.74) is 7.71. The summed E-state index contributed by atoms with van der Waals surface area (Å²) in [4.78, 5) is 0. The van der Waals surface area contributed by atoms with Crippen LogP contribution in [0.3, 0.4) is 0 Å². The number of amidine groups is 1. The van der Waals surface area contributed by atoms with Crippen molar-refractivity contribution in [3.8, 4) is 0 Å². The summed E-state index contributed by atoms with van der Waals surface area (Å²) in [6.07, 6.45) is 5.25. The topological polar surface area (TPSA) is 64.4 Å². The summed E-state index contributed by atoms with van der Waals surface area (Å²) in [5, 5.41) is 3.90.